The zero-order chi connectivity index (χ0) is 24.4. The van der Waals surface area contributed by atoms with Crippen molar-refractivity contribution in [2.24, 2.45) is 0 Å². The third kappa shape index (κ3) is 4.88. The highest BCUT2D eigenvalue weighted by Crippen LogP contribution is 2.41. The summed E-state index contributed by atoms with van der Waals surface area (Å²) in [5, 5.41) is 0. The molecule has 0 radical (unpaired) electrons. The molecule has 1 aliphatic carbocycles. The van der Waals surface area contributed by atoms with Crippen LogP contribution in [0.2, 0.25) is 0 Å². The molecule has 2 aliphatic rings. The molecule has 180 valence electrons. The quantitative estimate of drug-likeness (QED) is 0.356. The minimum Gasteiger partial charge on any atom is -0.295 e. The van der Waals surface area contributed by atoms with Gasteiger partial charge in [-0.2, -0.15) is 0 Å². The van der Waals surface area contributed by atoms with Gasteiger partial charge in [-0.25, -0.2) is 4.39 Å². The van der Waals surface area contributed by atoms with Crippen molar-refractivity contribution in [1.82, 2.24) is 4.90 Å². The fraction of sp³-hybridized carbons (Fsp3) is 0.312. The number of alkyl halides is 1. The summed E-state index contributed by atoms with van der Waals surface area (Å²) in [5.41, 5.74) is 12.0. The first-order valence-electron chi connectivity index (χ1n) is 12.7. The molecule has 1 fully saturated rings. The first-order valence-corrected chi connectivity index (χ1v) is 12.7. The van der Waals surface area contributed by atoms with Gasteiger partial charge >= 0.3 is 0 Å². The second kappa shape index (κ2) is 10.3. The Morgan fingerprint density at radius 3 is 2.40 bits per heavy atom. The molecule has 1 saturated heterocycles. The summed E-state index contributed by atoms with van der Waals surface area (Å²) >= 11 is 0. The number of likely N-dealkylation sites (tertiary alicyclic amines) is 1. The molecule has 3 aromatic rings. The molecule has 0 saturated carbocycles. The number of halogens is 2. The third-order valence-corrected chi connectivity index (χ3v) is 7.54. The van der Waals surface area contributed by atoms with Crippen LogP contribution in [0.4, 0.5) is 8.78 Å². The highest BCUT2D eigenvalue weighted by atomic mass is 19.1. The van der Waals surface area contributed by atoms with E-state index in [1.807, 2.05) is 19.9 Å². The molecule has 1 nitrogen and oxygen atoms in total. The Morgan fingerprint density at radius 2 is 1.63 bits per heavy atom. The standard InChI is InChI=1S/C32H33F2N/c1-22-23(2)31(34)16-15-28(22)30-10-5-8-26-7-3-4-9-29(26)32(30)27-13-11-24(12-14-27)19-25-20-35(21-25)18-6-17-33/h3-4,7,9,11-16,19H,5-6,8,10,17-18,20-21H2,1-2H3. The lowest BCUT2D eigenvalue weighted by atomic mass is 9.85. The van der Waals surface area contributed by atoms with Crippen LogP contribution in [-0.2, 0) is 6.42 Å². The van der Waals surface area contributed by atoms with Gasteiger partial charge in [0.15, 0.2) is 0 Å². The van der Waals surface area contributed by atoms with Crippen molar-refractivity contribution in [1.29, 1.82) is 0 Å². The predicted molar refractivity (Wildman–Crippen MR) is 143 cm³/mol. The topological polar surface area (TPSA) is 3.24 Å². The molecular weight excluding hydrogens is 436 g/mol. The smallest absolute Gasteiger partial charge is 0.126 e. The summed E-state index contributed by atoms with van der Waals surface area (Å²) < 4.78 is 26.7. The van der Waals surface area contributed by atoms with E-state index in [0.717, 1.165) is 55.6 Å². The number of rotatable bonds is 6. The Balaban J connectivity index is 1.54. The van der Waals surface area contributed by atoms with Gasteiger partial charge in [0, 0.05) is 19.6 Å². The fourth-order valence-corrected chi connectivity index (χ4v) is 5.48. The van der Waals surface area contributed by atoms with Crippen LogP contribution < -0.4 is 0 Å². The van der Waals surface area contributed by atoms with Crippen LogP contribution in [0.5, 0.6) is 0 Å². The fourth-order valence-electron chi connectivity index (χ4n) is 5.48. The summed E-state index contributed by atoms with van der Waals surface area (Å²) in [6.45, 7) is 6.39. The maximum absolute atomic E-state index is 14.3. The van der Waals surface area contributed by atoms with E-state index in [-0.39, 0.29) is 12.5 Å². The Labute approximate surface area is 207 Å². The van der Waals surface area contributed by atoms with Crippen molar-refractivity contribution in [3.8, 4) is 0 Å². The molecule has 0 amide bonds. The maximum Gasteiger partial charge on any atom is 0.126 e. The zero-order valence-corrected chi connectivity index (χ0v) is 20.7. The Bertz CT molecular complexity index is 1280. The van der Waals surface area contributed by atoms with Crippen LogP contribution in [0, 0.1) is 19.7 Å². The van der Waals surface area contributed by atoms with Gasteiger partial charge in [-0.15, -0.1) is 0 Å². The van der Waals surface area contributed by atoms with Crippen molar-refractivity contribution in [3.05, 3.63) is 111 Å². The van der Waals surface area contributed by atoms with E-state index in [1.54, 1.807) is 6.07 Å². The number of hydrogen-bond acceptors (Lipinski definition) is 1. The Hall–Kier alpha value is -3.04. The maximum atomic E-state index is 14.3. The van der Waals surface area contributed by atoms with Crippen LogP contribution in [0.1, 0.15) is 58.2 Å². The molecule has 0 atom stereocenters. The number of allylic oxidation sites excluding steroid dienone is 1. The van der Waals surface area contributed by atoms with Crippen molar-refractivity contribution in [2.45, 2.75) is 39.5 Å². The zero-order valence-electron chi connectivity index (χ0n) is 20.7. The third-order valence-electron chi connectivity index (χ3n) is 7.54. The average Bonchev–Trinajstić information content (AvgIpc) is 3.04. The lowest BCUT2D eigenvalue weighted by molar-refractivity contribution is 0.239. The van der Waals surface area contributed by atoms with Gasteiger partial charge in [-0.1, -0.05) is 60.7 Å². The van der Waals surface area contributed by atoms with Gasteiger partial charge in [-0.05, 0) is 101 Å². The first kappa shape index (κ1) is 23.7. The molecule has 0 unspecified atom stereocenters. The van der Waals surface area contributed by atoms with Crippen molar-refractivity contribution in [2.75, 3.05) is 26.3 Å². The molecule has 0 aromatic heterocycles. The van der Waals surface area contributed by atoms with Gasteiger partial charge < -0.3 is 0 Å². The van der Waals surface area contributed by atoms with E-state index < -0.39 is 0 Å². The van der Waals surface area contributed by atoms with Crippen LogP contribution in [0.15, 0.2) is 66.2 Å². The second-order valence-corrected chi connectivity index (χ2v) is 9.89. The van der Waals surface area contributed by atoms with Crippen LogP contribution >= 0.6 is 0 Å². The van der Waals surface area contributed by atoms with Crippen LogP contribution in [0.3, 0.4) is 0 Å². The highest BCUT2D eigenvalue weighted by molar-refractivity contribution is 6.00. The average molecular weight is 470 g/mol. The number of benzene rings is 3. The minimum atomic E-state index is -0.241. The summed E-state index contributed by atoms with van der Waals surface area (Å²) in [5.74, 6) is -0.140. The second-order valence-electron chi connectivity index (χ2n) is 9.89. The first-order chi connectivity index (χ1) is 17.0. The summed E-state index contributed by atoms with van der Waals surface area (Å²) in [4.78, 5) is 2.28. The summed E-state index contributed by atoms with van der Waals surface area (Å²) in [6, 6.07) is 21.2. The van der Waals surface area contributed by atoms with Crippen molar-refractivity contribution in [3.63, 3.8) is 0 Å². The lowest BCUT2D eigenvalue weighted by Gasteiger charge is -2.33. The molecule has 1 heterocycles. The molecule has 5 rings (SSSR count). The molecule has 0 bridgehead atoms. The molecule has 3 aromatic carbocycles. The van der Waals surface area contributed by atoms with Gasteiger partial charge in [0.2, 0.25) is 0 Å². The van der Waals surface area contributed by atoms with E-state index in [0.29, 0.717) is 6.42 Å². The number of nitrogens with zero attached hydrogens (tertiary/aromatic N) is 1. The summed E-state index contributed by atoms with van der Waals surface area (Å²) in [7, 11) is 0. The monoisotopic (exact) mass is 469 g/mol. The van der Waals surface area contributed by atoms with Crippen LogP contribution in [0.25, 0.3) is 17.2 Å². The van der Waals surface area contributed by atoms with Gasteiger partial charge in [0.25, 0.3) is 0 Å². The van der Waals surface area contributed by atoms with Crippen molar-refractivity contribution < 1.29 is 8.78 Å². The molecule has 0 N–H and O–H groups in total. The normalized spacial score (nSPS) is 16.1. The molecule has 0 spiro atoms. The molecule has 3 heteroatoms. The number of hydrogen-bond donors (Lipinski definition) is 0. The Kier molecular flexibility index (Phi) is 6.97. The van der Waals surface area contributed by atoms with Gasteiger partial charge in [0.1, 0.15) is 5.82 Å². The largest absolute Gasteiger partial charge is 0.295 e. The van der Waals surface area contributed by atoms with E-state index in [4.69, 9.17) is 0 Å². The molecular formula is C32H33F2N. The predicted octanol–water partition coefficient (Wildman–Crippen LogP) is 7.80. The van der Waals surface area contributed by atoms with E-state index in [2.05, 4.69) is 59.5 Å². The van der Waals surface area contributed by atoms with Gasteiger partial charge in [-0.3, -0.25) is 9.29 Å². The minimum absolute atomic E-state index is 0.140. The lowest BCUT2D eigenvalue weighted by Crippen LogP contribution is -2.40. The summed E-state index contributed by atoms with van der Waals surface area (Å²) in [6.07, 6.45) is 5.98. The molecule has 35 heavy (non-hydrogen) atoms. The highest BCUT2D eigenvalue weighted by Gasteiger charge is 2.22. The van der Waals surface area contributed by atoms with Crippen LogP contribution in [-0.4, -0.2) is 31.2 Å². The SMILES string of the molecule is Cc1c(F)ccc(C2=C(c3ccc(C=C4CN(CCCF)C4)cc3)c3ccccc3CCC2)c1C. The van der Waals surface area contributed by atoms with E-state index >= 15 is 0 Å². The number of aryl methyl sites for hydroxylation is 1. The number of fused-ring (bicyclic) bond motifs is 1. The molecule has 1 aliphatic heterocycles. The van der Waals surface area contributed by atoms with E-state index in [1.165, 1.54) is 39.0 Å². The van der Waals surface area contributed by atoms with Gasteiger partial charge in [0.05, 0.1) is 6.67 Å². The van der Waals surface area contributed by atoms with Crippen molar-refractivity contribution >= 4 is 17.2 Å². The van der Waals surface area contributed by atoms with E-state index in [9.17, 15) is 8.78 Å². The Morgan fingerprint density at radius 1 is 0.857 bits per heavy atom.